The van der Waals surface area contributed by atoms with Crippen molar-refractivity contribution in [1.29, 1.82) is 0 Å². The Bertz CT molecular complexity index is 960. The molecule has 27 heavy (non-hydrogen) atoms. The van der Waals surface area contributed by atoms with E-state index in [4.69, 9.17) is 13.9 Å². The highest BCUT2D eigenvalue weighted by molar-refractivity contribution is 5.97. The minimum atomic E-state index is -0.990. The quantitative estimate of drug-likeness (QED) is 0.531. The molecular weight excluding hydrogens is 348 g/mol. The van der Waals surface area contributed by atoms with Crippen molar-refractivity contribution in [1.82, 2.24) is 4.98 Å². The molecule has 138 valence electrons. The molecule has 0 saturated heterocycles. The van der Waals surface area contributed by atoms with Crippen LogP contribution in [0.2, 0.25) is 0 Å². The van der Waals surface area contributed by atoms with Crippen molar-refractivity contribution >= 4 is 34.7 Å². The molecule has 0 bridgehead atoms. The molecule has 0 aliphatic carbocycles. The van der Waals surface area contributed by atoms with Crippen LogP contribution in [0.25, 0.3) is 17.2 Å². The van der Waals surface area contributed by atoms with Gasteiger partial charge >= 0.3 is 5.97 Å². The van der Waals surface area contributed by atoms with Gasteiger partial charge < -0.3 is 19.2 Å². The highest BCUT2D eigenvalue weighted by Crippen LogP contribution is 2.23. The van der Waals surface area contributed by atoms with E-state index in [0.29, 0.717) is 22.5 Å². The average Bonchev–Trinajstić information content (AvgIpc) is 3.09. The summed E-state index contributed by atoms with van der Waals surface area (Å²) in [5, 5.41) is 2.66. The van der Waals surface area contributed by atoms with Gasteiger partial charge in [-0.25, -0.2) is 9.78 Å². The maximum absolute atomic E-state index is 12.2. The van der Waals surface area contributed by atoms with E-state index in [1.54, 1.807) is 36.4 Å². The first-order valence-electron chi connectivity index (χ1n) is 8.25. The van der Waals surface area contributed by atoms with Gasteiger partial charge in [0, 0.05) is 12.2 Å². The molecule has 0 aliphatic heterocycles. The molecule has 1 heterocycles. The van der Waals surface area contributed by atoms with Crippen LogP contribution < -0.4 is 10.1 Å². The van der Waals surface area contributed by atoms with Gasteiger partial charge in [-0.1, -0.05) is 24.3 Å². The Hall–Kier alpha value is -3.61. The van der Waals surface area contributed by atoms with Gasteiger partial charge in [-0.2, -0.15) is 0 Å². The zero-order valence-corrected chi connectivity index (χ0v) is 14.8. The molecule has 1 amide bonds. The molecule has 2 aromatic carbocycles. The van der Waals surface area contributed by atoms with Crippen molar-refractivity contribution in [3.05, 3.63) is 60.5 Å². The molecule has 1 atom stereocenters. The van der Waals surface area contributed by atoms with Crippen LogP contribution in [0.5, 0.6) is 5.75 Å². The third kappa shape index (κ3) is 4.52. The number of esters is 1. The number of methoxy groups -OCH3 is 1. The Morgan fingerprint density at radius 1 is 1.15 bits per heavy atom. The molecule has 1 N–H and O–H groups in total. The first-order valence-corrected chi connectivity index (χ1v) is 8.25. The molecule has 0 unspecified atom stereocenters. The van der Waals surface area contributed by atoms with Crippen LogP contribution in [-0.4, -0.2) is 30.1 Å². The van der Waals surface area contributed by atoms with E-state index in [9.17, 15) is 9.59 Å². The first kappa shape index (κ1) is 18.2. The van der Waals surface area contributed by atoms with E-state index in [2.05, 4.69) is 10.3 Å². The summed E-state index contributed by atoms with van der Waals surface area (Å²) in [6.07, 6.45) is 1.57. The maximum atomic E-state index is 12.2. The molecule has 0 spiro atoms. The van der Waals surface area contributed by atoms with Gasteiger partial charge in [0.1, 0.15) is 11.3 Å². The van der Waals surface area contributed by atoms with Gasteiger partial charge in [0.25, 0.3) is 5.91 Å². The third-order valence-corrected chi connectivity index (χ3v) is 3.70. The summed E-state index contributed by atoms with van der Waals surface area (Å²) in [6, 6.07) is 14.2. The van der Waals surface area contributed by atoms with E-state index < -0.39 is 18.0 Å². The molecule has 3 aromatic rings. The molecule has 7 nitrogen and oxygen atoms in total. The van der Waals surface area contributed by atoms with Crippen LogP contribution in [0.3, 0.4) is 0 Å². The highest BCUT2D eigenvalue weighted by atomic mass is 16.5. The zero-order chi connectivity index (χ0) is 19.2. The number of hydrogen-bond acceptors (Lipinski definition) is 6. The first-order chi connectivity index (χ1) is 13.1. The van der Waals surface area contributed by atoms with Crippen molar-refractivity contribution in [3.8, 4) is 5.75 Å². The summed E-state index contributed by atoms with van der Waals surface area (Å²) < 4.78 is 15.8. The van der Waals surface area contributed by atoms with Crippen LogP contribution in [0.4, 0.5) is 5.69 Å². The van der Waals surface area contributed by atoms with Crippen LogP contribution >= 0.6 is 0 Å². The molecule has 0 aliphatic rings. The summed E-state index contributed by atoms with van der Waals surface area (Å²) in [5.41, 5.74) is 1.81. The lowest BCUT2D eigenvalue weighted by Gasteiger charge is -2.14. The second-order valence-corrected chi connectivity index (χ2v) is 5.62. The lowest BCUT2D eigenvalue weighted by Crippen LogP contribution is -2.29. The number of rotatable bonds is 6. The van der Waals surface area contributed by atoms with Crippen LogP contribution in [0, 0.1) is 0 Å². The fraction of sp³-hybridized carbons (Fsp3) is 0.150. The maximum Gasteiger partial charge on any atom is 0.331 e. The minimum Gasteiger partial charge on any atom is -0.495 e. The summed E-state index contributed by atoms with van der Waals surface area (Å²) in [5.74, 6) is -0.359. The number of benzene rings is 2. The molecule has 0 fully saturated rings. The second kappa shape index (κ2) is 8.18. The van der Waals surface area contributed by atoms with E-state index in [1.807, 2.05) is 12.1 Å². The van der Waals surface area contributed by atoms with Crippen molar-refractivity contribution in [2.75, 3.05) is 12.4 Å². The number of aromatic nitrogens is 1. The highest BCUT2D eigenvalue weighted by Gasteiger charge is 2.18. The van der Waals surface area contributed by atoms with Crippen molar-refractivity contribution < 1.29 is 23.5 Å². The summed E-state index contributed by atoms with van der Waals surface area (Å²) >= 11 is 0. The molecule has 3 rings (SSSR count). The molecule has 0 saturated carbocycles. The number of nitrogens with one attached hydrogen (secondary N) is 1. The van der Waals surface area contributed by atoms with Crippen LogP contribution in [0.15, 0.2) is 59.0 Å². The Balaban J connectivity index is 1.58. The number of carbonyl (C=O) groups excluding carboxylic acids is 2. The van der Waals surface area contributed by atoms with E-state index in [1.165, 1.54) is 20.1 Å². The SMILES string of the molecule is COc1ccccc1NC(=O)[C@@H](C)OC(=O)/C=C/c1nc2ccccc2o1. The number of anilines is 1. The lowest BCUT2D eigenvalue weighted by molar-refractivity contribution is -0.148. The topological polar surface area (TPSA) is 90.7 Å². The van der Waals surface area contributed by atoms with Gasteiger partial charge in [0.05, 0.1) is 12.8 Å². The number of amides is 1. The van der Waals surface area contributed by atoms with Crippen LogP contribution in [0.1, 0.15) is 12.8 Å². The fourth-order valence-corrected chi connectivity index (χ4v) is 2.35. The van der Waals surface area contributed by atoms with Crippen LogP contribution in [-0.2, 0) is 14.3 Å². The summed E-state index contributed by atoms with van der Waals surface area (Å²) in [6.45, 7) is 1.48. The third-order valence-electron chi connectivity index (χ3n) is 3.70. The average molecular weight is 366 g/mol. The van der Waals surface area contributed by atoms with Gasteiger partial charge in [-0.3, -0.25) is 4.79 Å². The predicted molar refractivity (Wildman–Crippen MR) is 100 cm³/mol. The summed E-state index contributed by atoms with van der Waals surface area (Å²) in [7, 11) is 1.51. The smallest absolute Gasteiger partial charge is 0.331 e. The largest absolute Gasteiger partial charge is 0.495 e. The number of fused-ring (bicyclic) bond motifs is 1. The van der Waals surface area contributed by atoms with Gasteiger partial charge in [-0.05, 0) is 31.2 Å². The predicted octanol–water partition coefficient (Wildman–Crippen LogP) is 3.42. The number of carbonyl (C=O) groups is 2. The number of para-hydroxylation sites is 4. The Kier molecular flexibility index (Phi) is 5.51. The number of oxazole rings is 1. The molecule has 0 radical (unpaired) electrons. The molecular formula is C20H18N2O5. The Morgan fingerprint density at radius 2 is 1.89 bits per heavy atom. The van der Waals surface area contributed by atoms with Crippen molar-refractivity contribution in [2.24, 2.45) is 0 Å². The Morgan fingerprint density at radius 3 is 2.67 bits per heavy atom. The minimum absolute atomic E-state index is 0.277. The van der Waals surface area contributed by atoms with E-state index in [-0.39, 0.29) is 5.89 Å². The van der Waals surface area contributed by atoms with Gasteiger partial charge in [0.15, 0.2) is 11.7 Å². The number of nitrogens with zero attached hydrogens (tertiary/aromatic N) is 1. The molecule has 7 heteroatoms. The van der Waals surface area contributed by atoms with E-state index in [0.717, 1.165) is 6.08 Å². The normalized spacial score (nSPS) is 12.1. The van der Waals surface area contributed by atoms with Crippen molar-refractivity contribution in [2.45, 2.75) is 13.0 Å². The lowest BCUT2D eigenvalue weighted by atomic mass is 10.2. The van der Waals surface area contributed by atoms with E-state index >= 15 is 0 Å². The number of ether oxygens (including phenoxy) is 2. The van der Waals surface area contributed by atoms with Gasteiger partial charge in [-0.15, -0.1) is 0 Å². The standard InChI is InChI=1S/C20H18N2O5/c1-13(20(24)22-14-7-3-5-9-16(14)25-2)26-19(23)12-11-18-21-15-8-4-6-10-17(15)27-18/h3-13H,1-2H3,(H,22,24)/b12-11+/t13-/m1/s1. The van der Waals surface area contributed by atoms with Crippen molar-refractivity contribution in [3.63, 3.8) is 0 Å². The summed E-state index contributed by atoms with van der Waals surface area (Å²) in [4.78, 5) is 28.4. The number of hydrogen-bond donors (Lipinski definition) is 1. The van der Waals surface area contributed by atoms with Gasteiger partial charge in [0.2, 0.25) is 5.89 Å². The fourth-order valence-electron chi connectivity index (χ4n) is 2.35. The monoisotopic (exact) mass is 366 g/mol. The zero-order valence-electron chi connectivity index (χ0n) is 14.8. The second-order valence-electron chi connectivity index (χ2n) is 5.62. The Labute approximate surface area is 155 Å². The molecule has 1 aromatic heterocycles.